The summed E-state index contributed by atoms with van der Waals surface area (Å²) in [7, 11) is 0. The standard InChI is InChI=1S/C17H29N3O/c1-4-6-10-19-14-17(13-18)15-21-12-8-9-16(3)20-11-7-5-2/h8-9,15,19H,4-7,10-12,14H2,1-3H3/b9-8+,17-15+,20-16?. The second-order valence-corrected chi connectivity index (χ2v) is 4.90. The molecule has 0 radical (unpaired) electrons. The van der Waals surface area contributed by atoms with Crippen LogP contribution in [-0.2, 0) is 4.74 Å². The van der Waals surface area contributed by atoms with Crippen molar-refractivity contribution in [2.45, 2.75) is 46.5 Å². The molecular weight excluding hydrogens is 262 g/mol. The van der Waals surface area contributed by atoms with Crippen LogP contribution in [-0.4, -0.2) is 32.0 Å². The van der Waals surface area contributed by atoms with Crippen molar-refractivity contribution in [2.24, 2.45) is 4.99 Å². The maximum atomic E-state index is 8.97. The molecule has 1 N–H and O–H groups in total. The SMILES string of the molecule is CCCCN=C(C)/C=C/CO/C=C(\C#N)CNCCCC. The van der Waals surface area contributed by atoms with Crippen molar-refractivity contribution in [1.29, 1.82) is 5.26 Å². The second kappa shape index (κ2) is 14.8. The predicted octanol–water partition coefficient (Wildman–Crippen LogP) is 3.62. The Morgan fingerprint density at radius 1 is 1.29 bits per heavy atom. The molecule has 0 saturated heterocycles. The molecule has 118 valence electrons. The molecule has 0 amide bonds. The van der Waals surface area contributed by atoms with E-state index in [9.17, 15) is 0 Å². The van der Waals surface area contributed by atoms with E-state index < -0.39 is 0 Å². The van der Waals surface area contributed by atoms with Crippen LogP contribution in [0.15, 0.2) is 29.0 Å². The topological polar surface area (TPSA) is 57.4 Å². The van der Waals surface area contributed by atoms with Crippen LogP contribution in [0.1, 0.15) is 46.5 Å². The quantitative estimate of drug-likeness (QED) is 0.258. The zero-order valence-electron chi connectivity index (χ0n) is 13.7. The number of hydrogen-bond donors (Lipinski definition) is 1. The summed E-state index contributed by atoms with van der Waals surface area (Å²) in [6, 6.07) is 2.14. The van der Waals surface area contributed by atoms with Crippen molar-refractivity contribution in [3.05, 3.63) is 24.0 Å². The van der Waals surface area contributed by atoms with Crippen molar-refractivity contribution < 1.29 is 4.74 Å². The third kappa shape index (κ3) is 13.1. The van der Waals surface area contributed by atoms with Gasteiger partial charge in [-0.1, -0.05) is 26.7 Å². The molecule has 0 heterocycles. The lowest BCUT2D eigenvalue weighted by Gasteiger charge is -2.02. The summed E-state index contributed by atoms with van der Waals surface area (Å²) in [5.74, 6) is 0. The molecule has 21 heavy (non-hydrogen) atoms. The van der Waals surface area contributed by atoms with Gasteiger partial charge in [0.25, 0.3) is 0 Å². The lowest BCUT2D eigenvalue weighted by molar-refractivity contribution is 0.286. The Balaban J connectivity index is 3.90. The van der Waals surface area contributed by atoms with Gasteiger partial charge in [-0.3, -0.25) is 4.99 Å². The Labute approximate surface area is 129 Å². The largest absolute Gasteiger partial charge is 0.496 e. The van der Waals surface area contributed by atoms with Gasteiger partial charge in [0.1, 0.15) is 6.61 Å². The number of nitrogens with zero attached hydrogens (tertiary/aromatic N) is 2. The van der Waals surface area contributed by atoms with E-state index in [0.29, 0.717) is 18.7 Å². The Bertz CT molecular complexity index is 378. The molecule has 0 rings (SSSR count). The first-order chi connectivity index (χ1) is 10.2. The van der Waals surface area contributed by atoms with Gasteiger partial charge in [0, 0.05) is 18.8 Å². The number of unbranched alkanes of at least 4 members (excludes halogenated alkanes) is 2. The smallest absolute Gasteiger partial charge is 0.106 e. The fraction of sp³-hybridized carbons (Fsp3) is 0.647. The summed E-state index contributed by atoms with van der Waals surface area (Å²) in [4.78, 5) is 4.42. The zero-order valence-corrected chi connectivity index (χ0v) is 13.7. The number of rotatable bonds is 12. The van der Waals surface area contributed by atoms with E-state index >= 15 is 0 Å². The van der Waals surface area contributed by atoms with Crippen LogP contribution >= 0.6 is 0 Å². The van der Waals surface area contributed by atoms with E-state index in [0.717, 1.165) is 44.5 Å². The molecule has 4 heteroatoms. The third-order valence-corrected chi connectivity index (χ3v) is 2.82. The fourth-order valence-electron chi connectivity index (χ4n) is 1.52. The summed E-state index contributed by atoms with van der Waals surface area (Å²) in [5.41, 5.74) is 1.63. The summed E-state index contributed by atoms with van der Waals surface area (Å²) < 4.78 is 5.35. The zero-order chi connectivity index (χ0) is 15.8. The molecule has 0 aromatic carbocycles. The van der Waals surface area contributed by atoms with Crippen LogP contribution in [0, 0.1) is 11.3 Å². The highest BCUT2D eigenvalue weighted by atomic mass is 16.5. The second-order valence-electron chi connectivity index (χ2n) is 4.90. The van der Waals surface area contributed by atoms with Crippen molar-refractivity contribution in [1.82, 2.24) is 5.32 Å². The molecule has 0 atom stereocenters. The van der Waals surface area contributed by atoms with Gasteiger partial charge in [0.05, 0.1) is 17.9 Å². The molecule has 0 bridgehead atoms. The van der Waals surface area contributed by atoms with Crippen LogP contribution < -0.4 is 5.32 Å². The average molecular weight is 291 g/mol. The Kier molecular flexibility index (Phi) is 13.7. The number of aliphatic imine (C=N–C) groups is 1. The average Bonchev–Trinajstić information content (AvgIpc) is 2.49. The number of hydrogen-bond acceptors (Lipinski definition) is 4. The van der Waals surface area contributed by atoms with Crippen LogP contribution in [0.4, 0.5) is 0 Å². The van der Waals surface area contributed by atoms with Crippen molar-refractivity contribution >= 4 is 5.71 Å². The van der Waals surface area contributed by atoms with E-state index in [2.05, 4.69) is 30.2 Å². The van der Waals surface area contributed by atoms with Crippen molar-refractivity contribution in [3.8, 4) is 6.07 Å². The van der Waals surface area contributed by atoms with Gasteiger partial charge in [-0.15, -0.1) is 0 Å². The Hall–Kier alpha value is -1.60. The van der Waals surface area contributed by atoms with Gasteiger partial charge in [0.2, 0.25) is 0 Å². The predicted molar refractivity (Wildman–Crippen MR) is 89.4 cm³/mol. The van der Waals surface area contributed by atoms with E-state index in [4.69, 9.17) is 10.00 Å². The minimum absolute atomic E-state index is 0.459. The van der Waals surface area contributed by atoms with Crippen LogP contribution in [0.5, 0.6) is 0 Å². The fourth-order valence-corrected chi connectivity index (χ4v) is 1.52. The number of nitrogens with one attached hydrogen (secondary N) is 1. The summed E-state index contributed by atoms with van der Waals surface area (Å²) >= 11 is 0. The maximum absolute atomic E-state index is 8.97. The molecule has 4 nitrogen and oxygen atoms in total. The number of nitriles is 1. The van der Waals surface area contributed by atoms with Crippen molar-refractivity contribution in [3.63, 3.8) is 0 Å². The monoisotopic (exact) mass is 291 g/mol. The van der Waals surface area contributed by atoms with Crippen LogP contribution in [0.25, 0.3) is 0 Å². The molecule has 0 spiro atoms. The van der Waals surface area contributed by atoms with Gasteiger partial charge < -0.3 is 10.1 Å². The molecule has 0 unspecified atom stereocenters. The number of ether oxygens (including phenoxy) is 1. The van der Waals surface area contributed by atoms with E-state index in [1.54, 1.807) is 0 Å². The first-order valence-electron chi connectivity index (χ1n) is 7.83. The lowest BCUT2D eigenvalue weighted by Crippen LogP contribution is -2.17. The Morgan fingerprint density at radius 3 is 2.71 bits per heavy atom. The Morgan fingerprint density at radius 2 is 2.05 bits per heavy atom. The first-order valence-corrected chi connectivity index (χ1v) is 7.83. The molecule has 0 aromatic rings. The summed E-state index contributed by atoms with van der Waals surface area (Å²) in [5, 5.41) is 12.2. The highest BCUT2D eigenvalue weighted by molar-refractivity contribution is 5.92. The van der Waals surface area contributed by atoms with Gasteiger partial charge in [-0.25, -0.2) is 0 Å². The third-order valence-electron chi connectivity index (χ3n) is 2.82. The van der Waals surface area contributed by atoms with Crippen LogP contribution in [0.3, 0.4) is 0 Å². The normalized spacial score (nSPS) is 12.7. The molecule has 0 aliphatic carbocycles. The number of allylic oxidation sites excluding steroid dienone is 1. The van der Waals surface area contributed by atoms with Crippen molar-refractivity contribution in [2.75, 3.05) is 26.2 Å². The minimum Gasteiger partial charge on any atom is -0.496 e. The van der Waals surface area contributed by atoms with Gasteiger partial charge in [-0.05, 0) is 38.5 Å². The van der Waals surface area contributed by atoms with E-state index in [1.165, 1.54) is 6.26 Å². The molecule has 0 aliphatic rings. The molecule has 0 aliphatic heterocycles. The minimum atomic E-state index is 0.459. The highest BCUT2D eigenvalue weighted by Crippen LogP contribution is 1.94. The molecule has 0 saturated carbocycles. The van der Waals surface area contributed by atoms with Gasteiger partial charge in [0.15, 0.2) is 0 Å². The molecule has 0 fully saturated rings. The highest BCUT2D eigenvalue weighted by Gasteiger charge is 1.94. The summed E-state index contributed by atoms with van der Waals surface area (Å²) in [6.07, 6.45) is 9.97. The summed E-state index contributed by atoms with van der Waals surface area (Å²) in [6.45, 7) is 9.13. The van der Waals surface area contributed by atoms with Gasteiger partial charge in [-0.2, -0.15) is 5.26 Å². The van der Waals surface area contributed by atoms with E-state index in [1.807, 2.05) is 19.1 Å². The maximum Gasteiger partial charge on any atom is 0.106 e. The molecule has 0 aromatic heterocycles. The molecular formula is C17H29N3O. The lowest BCUT2D eigenvalue weighted by atomic mass is 10.3. The van der Waals surface area contributed by atoms with Crippen LogP contribution in [0.2, 0.25) is 0 Å². The van der Waals surface area contributed by atoms with Gasteiger partial charge >= 0.3 is 0 Å². The van der Waals surface area contributed by atoms with E-state index in [-0.39, 0.29) is 0 Å². The first kappa shape index (κ1) is 19.4.